The van der Waals surface area contributed by atoms with Gasteiger partial charge < -0.3 is 0 Å². The fourth-order valence-electron chi connectivity index (χ4n) is 1.60. The van der Waals surface area contributed by atoms with Crippen LogP contribution in [0.1, 0.15) is 23.0 Å². The first-order valence-electron chi connectivity index (χ1n) is 5.08. The summed E-state index contributed by atoms with van der Waals surface area (Å²) in [4.78, 5) is 14.9. The molecule has 0 atom stereocenters. The zero-order valence-electron chi connectivity index (χ0n) is 9.57. The molecular weight excluding hydrogens is 283 g/mol. The summed E-state index contributed by atoms with van der Waals surface area (Å²) in [6.07, 6.45) is -1.35. The number of carbonyl (C=O) groups is 1. The lowest BCUT2D eigenvalue weighted by Gasteiger charge is -2.12. The number of nitrogens with zero attached hydrogens (tertiary/aromatic N) is 3. The molecule has 0 N–H and O–H groups in total. The minimum absolute atomic E-state index is 0.00574. The first-order valence-corrected chi connectivity index (χ1v) is 5.46. The predicted molar refractivity (Wildman–Crippen MR) is 61.4 cm³/mol. The molecule has 0 aliphatic heterocycles. The van der Waals surface area contributed by atoms with Crippen molar-refractivity contribution in [2.24, 2.45) is 0 Å². The number of ketones is 1. The average Bonchev–Trinajstić information content (AvgIpc) is 2.73. The van der Waals surface area contributed by atoms with E-state index in [2.05, 4.69) is 10.1 Å². The van der Waals surface area contributed by atoms with Gasteiger partial charge in [0.05, 0.1) is 22.5 Å². The molecule has 0 bridgehead atoms. The topological polar surface area (TPSA) is 47.8 Å². The second kappa shape index (κ2) is 4.65. The van der Waals surface area contributed by atoms with Crippen LogP contribution in [-0.4, -0.2) is 20.5 Å². The second-order valence-corrected chi connectivity index (χ2v) is 4.11. The Bertz CT molecular complexity index is 636. The molecule has 19 heavy (non-hydrogen) atoms. The van der Waals surface area contributed by atoms with E-state index in [1.54, 1.807) is 0 Å². The van der Waals surface area contributed by atoms with Crippen molar-refractivity contribution >= 4 is 17.4 Å². The Morgan fingerprint density at radius 2 is 2.05 bits per heavy atom. The summed E-state index contributed by atoms with van der Waals surface area (Å²) in [5.41, 5.74) is -1.63. The molecule has 2 aromatic rings. The highest BCUT2D eigenvalue weighted by molar-refractivity contribution is 6.32. The van der Waals surface area contributed by atoms with Gasteiger partial charge >= 0.3 is 6.18 Å². The SMILES string of the molecule is CC(=O)c1cnn(-c2ccncc2Cl)c1C(F)(F)F. The molecule has 0 amide bonds. The number of carbonyl (C=O) groups excluding carboxylic acids is 1. The Balaban J connectivity index is 2.73. The van der Waals surface area contributed by atoms with Gasteiger partial charge in [-0.15, -0.1) is 0 Å². The molecule has 0 aliphatic rings. The summed E-state index contributed by atoms with van der Waals surface area (Å²) in [6.45, 7) is 1.05. The molecule has 0 saturated heterocycles. The van der Waals surface area contributed by atoms with Crippen LogP contribution in [0, 0.1) is 0 Å². The van der Waals surface area contributed by atoms with Crippen LogP contribution in [-0.2, 0) is 6.18 Å². The van der Waals surface area contributed by atoms with Crippen molar-refractivity contribution in [1.29, 1.82) is 0 Å². The maximum atomic E-state index is 13.0. The molecule has 0 aliphatic carbocycles. The third-order valence-corrected chi connectivity index (χ3v) is 2.69. The van der Waals surface area contributed by atoms with Gasteiger partial charge in [0.15, 0.2) is 11.5 Å². The Kier molecular flexibility index (Phi) is 3.32. The van der Waals surface area contributed by atoms with Crippen molar-refractivity contribution in [3.05, 3.63) is 40.9 Å². The van der Waals surface area contributed by atoms with E-state index in [4.69, 9.17) is 11.6 Å². The Morgan fingerprint density at radius 1 is 1.37 bits per heavy atom. The molecule has 0 unspecified atom stereocenters. The van der Waals surface area contributed by atoms with Gasteiger partial charge in [0, 0.05) is 12.4 Å². The number of aromatic nitrogens is 3. The van der Waals surface area contributed by atoms with E-state index in [0.29, 0.717) is 4.68 Å². The van der Waals surface area contributed by atoms with Crippen LogP contribution >= 0.6 is 11.6 Å². The van der Waals surface area contributed by atoms with Crippen molar-refractivity contribution in [2.75, 3.05) is 0 Å². The highest BCUT2D eigenvalue weighted by atomic mass is 35.5. The van der Waals surface area contributed by atoms with Gasteiger partial charge in [0.1, 0.15) is 0 Å². The first kappa shape index (κ1) is 13.5. The van der Waals surface area contributed by atoms with Gasteiger partial charge in [0.2, 0.25) is 0 Å². The zero-order chi connectivity index (χ0) is 14.2. The molecule has 0 aromatic carbocycles. The van der Waals surface area contributed by atoms with Crippen LogP contribution in [0.2, 0.25) is 5.02 Å². The van der Waals surface area contributed by atoms with E-state index in [9.17, 15) is 18.0 Å². The van der Waals surface area contributed by atoms with Crippen LogP contribution in [0.5, 0.6) is 0 Å². The van der Waals surface area contributed by atoms with Gasteiger partial charge in [0.25, 0.3) is 0 Å². The Hall–Kier alpha value is -1.89. The molecule has 0 saturated carbocycles. The van der Waals surface area contributed by atoms with Crippen molar-refractivity contribution in [1.82, 2.24) is 14.8 Å². The molecule has 8 heteroatoms. The average molecular weight is 290 g/mol. The summed E-state index contributed by atoms with van der Waals surface area (Å²) < 4.78 is 39.7. The van der Waals surface area contributed by atoms with Crippen LogP contribution in [0.25, 0.3) is 5.69 Å². The zero-order valence-corrected chi connectivity index (χ0v) is 10.3. The first-order chi connectivity index (χ1) is 8.82. The lowest BCUT2D eigenvalue weighted by molar-refractivity contribution is -0.143. The smallest absolute Gasteiger partial charge is 0.294 e. The fraction of sp³-hybridized carbons (Fsp3) is 0.182. The van der Waals surface area contributed by atoms with E-state index < -0.39 is 23.2 Å². The second-order valence-electron chi connectivity index (χ2n) is 3.70. The number of alkyl halides is 3. The van der Waals surface area contributed by atoms with Crippen molar-refractivity contribution in [2.45, 2.75) is 13.1 Å². The number of rotatable bonds is 2. The predicted octanol–water partition coefficient (Wildman–Crippen LogP) is 3.14. The lowest BCUT2D eigenvalue weighted by atomic mass is 10.1. The highest BCUT2D eigenvalue weighted by Crippen LogP contribution is 2.34. The Morgan fingerprint density at radius 3 is 2.58 bits per heavy atom. The maximum Gasteiger partial charge on any atom is 0.434 e. The largest absolute Gasteiger partial charge is 0.434 e. The monoisotopic (exact) mass is 289 g/mol. The highest BCUT2D eigenvalue weighted by Gasteiger charge is 2.40. The number of halogens is 4. The van der Waals surface area contributed by atoms with Crippen LogP contribution in [0.15, 0.2) is 24.7 Å². The van der Waals surface area contributed by atoms with Gasteiger partial charge in [-0.05, 0) is 13.0 Å². The normalized spacial score (nSPS) is 11.6. The van der Waals surface area contributed by atoms with Gasteiger partial charge in [-0.1, -0.05) is 11.6 Å². The minimum atomic E-state index is -4.72. The molecule has 0 fully saturated rings. The summed E-state index contributed by atoms with van der Waals surface area (Å²) >= 11 is 5.79. The van der Waals surface area contributed by atoms with Crippen LogP contribution in [0.4, 0.5) is 13.2 Å². The molecule has 2 aromatic heterocycles. The summed E-state index contributed by atoms with van der Waals surface area (Å²) in [5, 5.41) is 3.60. The summed E-state index contributed by atoms with van der Waals surface area (Å²) in [7, 11) is 0. The van der Waals surface area contributed by atoms with Crippen molar-refractivity contribution < 1.29 is 18.0 Å². The molecule has 0 radical (unpaired) electrons. The van der Waals surface area contributed by atoms with Crippen LogP contribution < -0.4 is 0 Å². The fourth-order valence-corrected chi connectivity index (χ4v) is 1.80. The molecule has 100 valence electrons. The van der Waals surface area contributed by atoms with E-state index >= 15 is 0 Å². The third kappa shape index (κ3) is 2.46. The number of Topliss-reactive ketones (excluding diaryl/α,β-unsaturated/α-hetero) is 1. The van der Waals surface area contributed by atoms with E-state index in [1.807, 2.05) is 0 Å². The van der Waals surface area contributed by atoms with Gasteiger partial charge in [-0.25, -0.2) is 4.68 Å². The van der Waals surface area contributed by atoms with Crippen LogP contribution in [0.3, 0.4) is 0 Å². The lowest BCUT2D eigenvalue weighted by Crippen LogP contribution is -2.17. The molecule has 0 spiro atoms. The van der Waals surface area contributed by atoms with Gasteiger partial charge in [-0.2, -0.15) is 18.3 Å². The molecule has 2 rings (SSSR count). The number of pyridine rings is 1. The maximum absolute atomic E-state index is 13.0. The minimum Gasteiger partial charge on any atom is -0.294 e. The molecule has 4 nitrogen and oxygen atoms in total. The third-order valence-electron chi connectivity index (χ3n) is 2.40. The van der Waals surface area contributed by atoms with E-state index in [1.165, 1.54) is 18.5 Å². The molecule has 2 heterocycles. The van der Waals surface area contributed by atoms with Crippen molar-refractivity contribution in [3.63, 3.8) is 0 Å². The van der Waals surface area contributed by atoms with Crippen molar-refractivity contribution in [3.8, 4) is 5.69 Å². The quantitative estimate of drug-likeness (QED) is 0.798. The Labute approximate surface area is 110 Å². The van der Waals surface area contributed by atoms with E-state index in [-0.39, 0.29) is 10.7 Å². The van der Waals surface area contributed by atoms with Gasteiger partial charge in [-0.3, -0.25) is 9.78 Å². The number of hydrogen-bond acceptors (Lipinski definition) is 3. The molecular formula is C11H7ClF3N3O. The summed E-state index contributed by atoms with van der Waals surface area (Å²) in [6, 6.07) is 1.29. The number of hydrogen-bond donors (Lipinski definition) is 0. The standard InChI is InChI=1S/C11H7ClF3N3O/c1-6(19)7-4-17-18(10(7)11(13,14)15)9-2-3-16-5-8(9)12/h2-5H,1H3. The summed E-state index contributed by atoms with van der Waals surface area (Å²) in [5.74, 6) is -0.719. The van der Waals surface area contributed by atoms with E-state index in [0.717, 1.165) is 13.1 Å².